The summed E-state index contributed by atoms with van der Waals surface area (Å²) in [6.07, 6.45) is 4.61. The van der Waals surface area contributed by atoms with Gasteiger partial charge < -0.3 is 9.47 Å². The average Bonchev–Trinajstić information content (AvgIpc) is 2.96. The summed E-state index contributed by atoms with van der Waals surface area (Å²) in [7, 11) is 1.54. The molecule has 1 aromatic carbocycles. The van der Waals surface area contributed by atoms with Crippen LogP contribution in [-0.4, -0.2) is 34.8 Å². The molecule has 7 heteroatoms. The van der Waals surface area contributed by atoms with E-state index in [0.29, 0.717) is 11.5 Å². The number of nitriles is 1. The minimum absolute atomic E-state index is 0.0233. The lowest BCUT2D eigenvalue weighted by atomic mass is 10.2. The van der Waals surface area contributed by atoms with Crippen molar-refractivity contribution in [2.45, 2.75) is 0 Å². The van der Waals surface area contributed by atoms with E-state index in [4.69, 9.17) is 14.7 Å². The highest BCUT2D eigenvalue weighted by Crippen LogP contribution is 2.27. The Morgan fingerprint density at radius 2 is 2.16 bits per heavy atom. The number of aromatic nitrogens is 3. The quantitative estimate of drug-likeness (QED) is 0.748. The number of methoxy groups -OCH3 is 1. The summed E-state index contributed by atoms with van der Waals surface area (Å²) in [4.78, 5) is 0. The van der Waals surface area contributed by atoms with Crippen LogP contribution in [0.2, 0.25) is 0 Å². The third kappa shape index (κ3) is 3.29. The van der Waals surface area contributed by atoms with Crippen LogP contribution in [0.15, 0.2) is 36.0 Å². The first kappa shape index (κ1) is 12.6. The lowest BCUT2D eigenvalue weighted by Crippen LogP contribution is -1.97. The van der Waals surface area contributed by atoms with Gasteiger partial charge in [-0.1, -0.05) is 0 Å². The summed E-state index contributed by atoms with van der Waals surface area (Å²) in [5.74, 6) is 1.06. The zero-order valence-corrected chi connectivity index (χ0v) is 10.2. The molecule has 2 aromatic rings. The normalized spacial score (nSPS) is 10.3. The van der Waals surface area contributed by atoms with E-state index >= 15 is 0 Å². The Bertz CT molecular complexity index is 601. The van der Waals surface area contributed by atoms with Gasteiger partial charge in [0.25, 0.3) is 0 Å². The van der Waals surface area contributed by atoms with Gasteiger partial charge in [-0.25, -0.2) is 4.68 Å². The molecular weight excluding hydrogens is 246 g/mol. The monoisotopic (exact) mass is 257 g/mol. The van der Waals surface area contributed by atoms with Crippen molar-refractivity contribution in [2.75, 3.05) is 13.7 Å². The number of nitrogens with zero attached hydrogens (tertiary/aromatic N) is 5. The van der Waals surface area contributed by atoms with Crippen LogP contribution in [0.1, 0.15) is 5.56 Å². The topological polar surface area (TPSA) is 85.3 Å². The van der Waals surface area contributed by atoms with Crippen LogP contribution in [0.25, 0.3) is 0 Å². The molecule has 19 heavy (non-hydrogen) atoms. The maximum atomic E-state index is 8.48. The Morgan fingerprint density at radius 3 is 2.84 bits per heavy atom. The second-order valence-electron chi connectivity index (χ2n) is 3.44. The lowest BCUT2D eigenvalue weighted by Gasteiger charge is -2.08. The van der Waals surface area contributed by atoms with Crippen LogP contribution in [0, 0.1) is 11.3 Å². The van der Waals surface area contributed by atoms with E-state index in [2.05, 4.69) is 15.3 Å². The van der Waals surface area contributed by atoms with Crippen molar-refractivity contribution in [1.82, 2.24) is 14.9 Å². The average molecular weight is 257 g/mol. The molecule has 0 amide bonds. The molecule has 7 nitrogen and oxygen atoms in total. The molecule has 0 spiro atoms. The molecule has 0 radical (unpaired) electrons. The minimum Gasteiger partial charge on any atom is -0.493 e. The first-order chi connectivity index (χ1) is 9.33. The maximum absolute atomic E-state index is 8.48. The van der Waals surface area contributed by atoms with Crippen LogP contribution >= 0.6 is 0 Å². The van der Waals surface area contributed by atoms with Crippen molar-refractivity contribution < 1.29 is 9.47 Å². The van der Waals surface area contributed by atoms with E-state index in [1.54, 1.807) is 18.3 Å². The summed E-state index contributed by atoms with van der Waals surface area (Å²) in [5, 5.41) is 19.9. The van der Waals surface area contributed by atoms with Gasteiger partial charge in [-0.3, -0.25) is 0 Å². The Kier molecular flexibility index (Phi) is 4.08. The molecular formula is C12H11N5O2. The summed E-state index contributed by atoms with van der Waals surface area (Å²) >= 11 is 0. The fraction of sp³-hybridized carbons (Fsp3) is 0.167. The highest BCUT2D eigenvalue weighted by Gasteiger charge is 2.04. The molecule has 0 aliphatic rings. The molecule has 1 aromatic heterocycles. The molecule has 1 heterocycles. The molecule has 0 bridgehead atoms. The highest BCUT2D eigenvalue weighted by molar-refractivity contribution is 5.80. The predicted octanol–water partition coefficient (Wildman–Crippen LogP) is 1.07. The molecule has 96 valence electrons. The molecule has 0 N–H and O–H groups in total. The molecule has 0 unspecified atom stereocenters. The summed E-state index contributed by atoms with van der Waals surface area (Å²) in [6, 6.07) is 7.20. The standard InChI is InChI=1S/C12H11N5O2/c1-18-12-6-10(2-3-11(12)19-5-4-13)7-16-17-8-14-15-9-17/h2-3,6-9H,5H2,1H3/b16-7+. The van der Waals surface area contributed by atoms with Gasteiger partial charge in [-0.15, -0.1) is 10.2 Å². The van der Waals surface area contributed by atoms with Gasteiger partial charge >= 0.3 is 0 Å². The van der Waals surface area contributed by atoms with Crippen LogP contribution < -0.4 is 9.47 Å². The minimum atomic E-state index is -0.0233. The first-order valence-electron chi connectivity index (χ1n) is 5.40. The molecule has 2 rings (SSSR count). The molecule has 0 saturated heterocycles. The molecule has 0 fully saturated rings. The second kappa shape index (κ2) is 6.16. The van der Waals surface area contributed by atoms with Gasteiger partial charge in [0.15, 0.2) is 18.1 Å². The van der Waals surface area contributed by atoms with Crippen LogP contribution in [-0.2, 0) is 0 Å². The number of hydrogen-bond acceptors (Lipinski definition) is 6. The van der Waals surface area contributed by atoms with Crippen LogP contribution in [0.4, 0.5) is 0 Å². The van der Waals surface area contributed by atoms with Crippen LogP contribution in [0.3, 0.4) is 0 Å². The zero-order chi connectivity index (χ0) is 13.5. The summed E-state index contributed by atoms with van der Waals surface area (Å²) < 4.78 is 11.9. The number of benzene rings is 1. The summed E-state index contributed by atoms with van der Waals surface area (Å²) in [5.41, 5.74) is 0.829. The van der Waals surface area contributed by atoms with Crippen molar-refractivity contribution in [3.8, 4) is 17.6 Å². The maximum Gasteiger partial charge on any atom is 0.174 e. The predicted molar refractivity (Wildman–Crippen MR) is 67.1 cm³/mol. The highest BCUT2D eigenvalue weighted by atomic mass is 16.5. The van der Waals surface area contributed by atoms with E-state index in [1.807, 2.05) is 12.1 Å². The van der Waals surface area contributed by atoms with E-state index in [0.717, 1.165) is 5.56 Å². The molecule has 0 atom stereocenters. The Hall–Kier alpha value is -2.88. The molecule has 0 saturated carbocycles. The lowest BCUT2D eigenvalue weighted by molar-refractivity contribution is 0.329. The van der Waals surface area contributed by atoms with Gasteiger partial charge in [0, 0.05) is 0 Å². The van der Waals surface area contributed by atoms with Crippen molar-refractivity contribution in [2.24, 2.45) is 5.10 Å². The summed E-state index contributed by atoms with van der Waals surface area (Å²) in [6.45, 7) is -0.0233. The van der Waals surface area contributed by atoms with Gasteiger partial charge in [0.2, 0.25) is 0 Å². The van der Waals surface area contributed by atoms with Crippen molar-refractivity contribution in [3.05, 3.63) is 36.4 Å². The smallest absolute Gasteiger partial charge is 0.174 e. The van der Waals surface area contributed by atoms with E-state index < -0.39 is 0 Å². The molecule has 0 aliphatic carbocycles. The van der Waals surface area contributed by atoms with Gasteiger partial charge in [0.05, 0.1) is 13.3 Å². The van der Waals surface area contributed by atoms with E-state index in [1.165, 1.54) is 24.4 Å². The zero-order valence-electron chi connectivity index (χ0n) is 10.2. The molecule has 0 aliphatic heterocycles. The first-order valence-corrected chi connectivity index (χ1v) is 5.40. The van der Waals surface area contributed by atoms with E-state index in [9.17, 15) is 0 Å². The van der Waals surface area contributed by atoms with E-state index in [-0.39, 0.29) is 6.61 Å². The van der Waals surface area contributed by atoms with Gasteiger partial charge in [0.1, 0.15) is 18.7 Å². The van der Waals surface area contributed by atoms with Crippen molar-refractivity contribution >= 4 is 6.21 Å². The number of ether oxygens (including phenoxy) is 2. The fourth-order valence-corrected chi connectivity index (χ4v) is 1.38. The fourth-order valence-electron chi connectivity index (χ4n) is 1.38. The number of hydrogen-bond donors (Lipinski definition) is 0. The van der Waals surface area contributed by atoms with Gasteiger partial charge in [-0.05, 0) is 23.8 Å². The third-order valence-electron chi connectivity index (χ3n) is 2.23. The SMILES string of the molecule is COc1cc(/C=N/n2cnnc2)ccc1OCC#N. The third-order valence-corrected chi connectivity index (χ3v) is 2.23. The largest absolute Gasteiger partial charge is 0.493 e. The van der Waals surface area contributed by atoms with Crippen molar-refractivity contribution in [3.63, 3.8) is 0 Å². The second-order valence-corrected chi connectivity index (χ2v) is 3.44. The Balaban J connectivity index is 2.17. The van der Waals surface area contributed by atoms with Gasteiger partial charge in [-0.2, -0.15) is 10.4 Å². The number of rotatable bonds is 5. The Labute approximate surface area is 109 Å². The van der Waals surface area contributed by atoms with Crippen LogP contribution in [0.5, 0.6) is 11.5 Å². The van der Waals surface area contributed by atoms with Crippen molar-refractivity contribution in [1.29, 1.82) is 5.26 Å². The Morgan fingerprint density at radius 1 is 1.37 bits per heavy atom.